The summed E-state index contributed by atoms with van der Waals surface area (Å²) < 4.78 is 6.15. The number of rotatable bonds is 3. The van der Waals surface area contributed by atoms with Crippen LogP contribution in [0.2, 0.25) is 0 Å². The third-order valence-corrected chi connectivity index (χ3v) is 4.19. The van der Waals surface area contributed by atoms with Crippen molar-refractivity contribution in [3.05, 3.63) is 59.0 Å². The lowest BCUT2D eigenvalue weighted by atomic mass is 10.0. The average molecular weight is 283 g/mol. The number of carbonyl (C=O) groups excluding carboxylic acids is 1. The van der Waals surface area contributed by atoms with E-state index < -0.39 is 0 Å². The van der Waals surface area contributed by atoms with Gasteiger partial charge in [-0.25, -0.2) is 0 Å². The Labute approximate surface area is 120 Å². The first-order valence-electron chi connectivity index (χ1n) is 6.15. The van der Waals surface area contributed by atoms with Crippen LogP contribution in [0, 0.1) is 0 Å². The van der Waals surface area contributed by atoms with Crippen molar-refractivity contribution >= 4 is 32.9 Å². The largest absolute Gasteiger partial charge is 0.497 e. The molecule has 0 radical (unpaired) electrons. The minimum absolute atomic E-state index is 0.0746. The maximum atomic E-state index is 12.7. The molecule has 0 unspecified atom stereocenters. The van der Waals surface area contributed by atoms with E-state index >= 15 is 0 Å². The van der Waals surface area contributed by atoms with Crippen LogP contribution in [0.3, 0.4) is 0 Å². The molecule has 20 heavy (non-hydrogen) atoms. The number of hydrogen-bond acceptors (Lipinski definition) is 4. The Hall–Kier alpha value is -2.33. The zero-order valence-corrected chi connectivity index (χ0v) is 11.7. The van der Waals surface area contributed by atoms with E-state index in [4.69, 9.17) is 10.5 Å². The summed E-state index contributed by atoms with van der Waals surface area (Å²) in [4.78, 5) is 12.7. The van der Waals surface area contributed by atoms with E-state index in [2.05, 4.69) is 0 Å². The number of benzene rings is 2. The lowest BCUT2D eigenvalue weighted by Gasteiger charge is -2.08. The van der Waals surface area contributed by atoms with Crippen molar-refractivity contribution in [3.8, 4) is 5.75 Å². The van der Waals surface area contributed by atoms with Crippen LogP contribution in [-0.2, 0) is 0 Å². The van der Waals surface area contributed by atoms with Gasteiger partial charge in [-0.05, 0) is 41.1 Å². The van der Waals surface area contributed by atoms with Crippen molar-refractivity contribution in [1.29, 1.82) is 0 Å². The van der Waals surface area contributed by atoms with Crippen molar-refractivity contribution in [1.82, 2.24) is 0 Å². The number of methoxy groups -OCH3 is 1. The molecule has 4 heteroatoms. The number of ketones is 1. The maximum Gasteiger partial charge on any atom is 0.196 e. The topological polar surface area (TPSA) is 52.3 Å². The summed E-state index contributed by atoms with van der Waals surface area (Å²) in [5, 5.41) is 3.05. The first-order chi connectivity index (χ1) is 9.70. The summed E-state index contributed by atoms with van der Waals surface area (Å²) >= 11 is 1.56. The van der Waals surface area contributed by atoms with Gasteiger partial charge in [-0.2, -0.15) is 0 Å². The molecule has 2 aromatic carbocycles. The number of hydrogen-bond donors (Lipinski definition) is 1. The number of thiophene rings is 1. The van der Waals surface area contributed by atoms with Crippen molar-refractivity contribution in [2.24, 2.45) is 0 Å². The highest BCUT2D eigenvalue weighted by Crippen LogP contribution is 2.29. The van der Waals surface area contributed by atoms with Crippen molar-refractivity contribution in [2.45, 2.75) is 0 Å². The second-order valence-electron chi connectivity index (χ2n) is 4.43. The first-order valence-corrected chi connectivity index (χ1v) is 7.03. The summed E-state index contributed by atoms with van der Waals surface area (Å²) in [6.45, 7) is 0. The van der Waals surface area contributed by atoms with E-state index in [-0.39, 0.29) is 5.78 Å². The highest BCUT2D eigenvalue weighted by molar-refractivity contribution is 7.17. The van der Waals surface area contributed by atoms with Gasteiger partial charge in [-0.15, -0.1) is 11.3 Å². The molecule has 2 N–H and O–H groups in total. The van der Waals surface area contributed by atoms with Crippen LogP contribution in [0.15, 0.2) is 47.8 Å². The number of fused-ring (bicyclic) bond motifs is 1. The van der Waals surface area contributed by atoms with Crippen LogP contribution in [0.5, 0.6) is 5.75 Å². The number of anilines is 1. The Morgan fingerprint density at radius 2 is 2.00 bits per heavy atom. The van der Waals surface area contributed by atoms with E-state index in [1.54, 1.807) is 36.6 Å². The molecule has 0 spiro atoms. The zero-order valence-electron chi connectivity index (χ0n) is 10.9. The third-order valence-electron chi connectivity index (χ3n) is 3.23. The molecule has 0 aliphatic carbocycles. The summed E-state index contributed by atoms with van der Waals surface area (Å²) in [5.74, 6) is 0.551. The van der Waals surface area contributed by atoms with Crippen molar-refractivity contribution in [3.63, 3.8) is 0 Å². The normalized spacial score (nSPS) is 10.7. The van der Waals surface area contributed by atoms with Crippen molar-refractivity contribution in [2.75, 3.05) is 12.8 Å². The van der Waals surface area contributed by atoms with Crippen molar-refractivity contribution < 1.29 is 9.53 Å². The fourth-order valence-corrected chi connectivity index (χ4v) is 3.09. The van der Waals surface area contributed by atoms with E-state index in [1.807, 2.05) is 29.6 Å². The highest BCUT2D eigenvalue weighted by atomic mass is 32.1. The minimum Gasteiger partial charge on any atom is -0.497 e. The minimum atomic E-state index is -0.0746. The predicted octanol–water partition coefficient (Wildman–Crippen LogP) is 3.72. The number of carbonyl (C=O) groups is 1. The van der Waals surface area contributed by atoms with Gasteiger partial charge in [0.2, 0.25) is 0 Å². The zero-order chi connectivity index (χ0) is 14.1. The van der Waals surface area contributed by atoms with E-state index in [0.29, 0.717) is 22.6 Å². The molecule has 3 nitrogen and oxygen atoms in total. The summed E-state index contributed by atoms with van der Waals surface area (Å²) in [7, 11) is 1.57. The molecule has 0 amide bonds. The van der Waals surface area contributed by atoms with Crippen LogP contribution in [0.1, 0.15) is 15.9 Å². The fourth-order valence-electron chi connectivity index (χ4n) is 2.18. The molecule has 0 aliphatic heterocycles. The second kappa shape index (κ2) is 4.98. The number of nitrogens with two attached hydrogens (primary N) is 1. The van der Waals surface area contributed by atoms with Gasteiger partial charge in [-0.3, -0.25) is 4.79 Å². The second-order valence-corrected chi connectivity index (χ2v) is 5.34. The van der Waals surface area contributed by atoms with Gasteiger partial charge in [0.25, 0.3) is 0 Å². The van der Waals surface area contributed by atoms with Crippen LogP contribution in [-0.4, -0.2) is 12.9 Å². The molecule has 0 bridgehead atoms. The SMILES string of the molecule is COc1ccc(N)c(C(=O)c2cccc3ccsc23)c1. The molecule has 0 saturated heterocycles. The molecule has 3 rings (SSSR count). The molecule has 0 saturated carbocycles. The van der Waals surface area contributed by atoms with Gasteiger partial charge in [0, 0.05) is 21.5 Å². The summed E-state index contributed by atoms with van der Waals surface area (Å²) in [5.41, 5.74) is 7.55. The highest BCUT2D eigenvalue weighted by Gasteiger charge is 2.16. The molecule has 3 aromatic rings. The van der Waals surface area contributed by atoms with Crippen LogP contribution >= 0.6 is 11.3 Å². The summed E-state index contributed by atoms with van der Waals surface area (Å²) in [6, 6.07) is 12.9. The molecule has 100 valence electrons. The Morgan fingerprint density at radius 3 is 2.80 bits per heavy atom. The van der Waals surface area contributed by atoms with Gasteiger partial charge >= 0.3 is 0 Å². The standard InChI is InChI=1S/C16H13NO2S/c1-19-11-5-6-14(17)13(9-11)15(18)12-4-2-3-10-7-8-20-16(10)12/h2-9H,17H2,1H3. The van der Waals surface area contributed by atoms with Gasteiger partial charge in [-0.1, -0.05) is 12.1 Å². The number of nitrogen functional groups attached to an aromatic ring is 1. The Bertz CT molecular complexity index is 792. The van der Waals surface area contributed by atoms with E-state index in [0.717, 1.165) is 10.1 Å². The van der Waals surface area contributed by atoms with Gasteiger partial charge in [0.1, 0.15) is 5.75 Å². The Kier molecular flexibility index (Phi) is 3.16. The smallest absolute Gasteiger partial charge is 0.196 e. The molecular formula is C16H13NO2S. The third kappa shape index (κ3) is 2.04. The average Bonchev–Trinajstić information content (AvgIpc) is 2.95. The monoisotopic (exact) mass is 283 g/mol. The quantitative estimate of drug-likeness (QED) is 0.588. The fraction of sp³-hybridized carbons (Fsp3) is 0.0625. The molecule has 0 atom stereocenters. The predicted molar refractivity (Wildman–Crippen MR) is 82.7 cm³/mol. The molecule has 0 fully saturated rings. The summed E-state index contributed by atoms with van der Waals surface area (Å²) in [6.07, 6.45) is 0. The molecule has 0 aliphatic rings. The Morgan fingerprint density at radius 1 is 1.15 bits per heavy atom. The molecule has 1 aromatic heterocycles. The van der Waals surface area contributed by atoms with Gasteiger partial charge in [0.15, 0.2) is 5.78 Å². The van der Waals surface area contributed by atoms with E-state index in [9.17, 15) is 4.79 Å². The molecule has 1 heterocycles. The van der Waals surface area contributed by atoms with E-state index in [1.165, 1.54) is 0 Å². The van der Waals surface area contributed by atoms with Crippen LogP contribution < -0.4 is 10.5 Å². The van der Waals surface area contributed by atoms with Crippen LogP contribution in [0.25, 0.3) is 10.1 Å². The van der Waals surface area contributed by atoms with Gasteiger partial charge < -0.3 is 10.5 Å². The lowest BCUT2D eigenvalue weighted by molar-refractivity contribution is 0.104. The lowest BCUT2D eigenvalue weighted by Crippen LogP contribution is -2.06. The maximum absolute atomic E-state index is 12.7. The Balaban J connectivity index is 2.15. The molecular weight excluding hydrogens is 270 g/mol. The van der Waals surface area contributed by atoms with Crippen LogP contribution in [0.4, 0.5) is 5.69 Å². The first kappa shape index (κ1) is 12.7. The number of ether oxygens (including phenoxy) is 1. The van der Waals surface area contributed by atoms with Gasteiger partial charge in [0.05, 0.1) is 7.11 Å².